The first-order chi connectivity index (χ1) is 12.2. The first kappa shape index (κ1) is 18.3. The summed E-state index contributed by atoms with van der Waals surface area (Å²) in [6.07, 6.45) is -2.44. The fraction of sp³-hybridized carbons (Fsp3) is 0.444. The van der Waals surface area contributed by atoms with Gasteiger partial charge in [0.1, 0.15) is 12.2 Å². The second kappa shape index (κ2) is 6.66. The molecule has 140 valence electrons. The van der Waals surface area contributed by atoms with Gasteiger partial charge in [0, 0.05) is 10.9 Å². The van der Waals surface area contributed by atoms with Gasteiger partial charge in [0.25, 0.3) is 5.91 Å². The molecule has 1 heterocycles. The molecule has 1 aromatic heterocycles. The predicted octanol–water partition coefficient (Wildman–Crippen LogP) is 3.42. The third-order valence-electron chi connectivity index (χ3n) is 4.78. The summed E-state index contributed by atoms with van der Waals surface area (Å²) in [5, 5.41) is 3.32. The van der Waals surface area contributed by atoms with Crippen LogP contribution in [0.4, 0.5) is 13.2 Å². The van der Waals surface area contributed by atoms with Gasteiger partial charge in [-0.1, -0.05) is 18.2 Å². The van der Waals surface area contributed by atoms with Gasteiger partial charge in [-0.05, 0) is 31.4 Å². The summed E-state index contributed by atoms with van der Waals surface area (Å²) in [5.41, 5.74) is -0.478. The molecule has 0 spiro atoms. The highest BCUT2D eigenvalue weighted by molar-refractivity contribution is 5.99. The SMILES string of the molecule is COC(=O)CC1(NC(=O)c2cc3ccccc3n2CC(F)(F)F)CCC1. The normalized spacial score (nSPS) is 16.2. The minimum atomic E-state index is -4.46. The average molecular weight is 368 g/mol. The molecule has 0 bridgehead atoms. The van der Waals surface area contributed by atoms with E-state index in [1.165, 1.54) is 13.2 Å². The Morgan fingerprint density at radius 3 is 2.54 bits per heavy atom. The van der Waals surface area contributed by atoms with Crippen molar-refractivity contribution in [3.63, 3.8) is 0 Å². The monoisotopic (exact) mass is 368 g/mol. The molecule has 3 rings (SSSR count). The van der Waals surface area contributed by atoms with E-state index in [4.69, 9.17) is 0 Å². The van der Waals surface area contributed by atoms with Crippen LogP contribution in [0.3, 0.4) is 0 Å². The van der Waals surface area contributed by atoms with Gasteiger partial charge in [0.15, 0.2) is 0 Å². The largest absolute Gasteiger partial charge is 0.469 e. The number of ether oxygens (including phenoxy) is 1. The second-order valence-corrected chi connectivity index (χ2v) is 6.63. The van der Waals surface area contributed by atoms with Crippen LogP contribution in [-0.4, -0.2) is 35.3 Å². The summed E-state index contributed by atoms with van der Waals surface area (Å²) in [6.45, 7) is -1.26. The van der Waals surface area contributed by atoms with Gasteiger partial charge in [-0.25, -0.2) is 0 Å². The number of carbonyl (C=O) groups excluding carboxylic acids is 2. The zero-order chi connectivity index (χ0) is 18.9. The first-order valence-electron chi connectivity index (χ1n) is 8.27. The van der Waals surface area contributed by atoms with E-state index >= 15 is 0 Å². The van der Waals surface area contributed by atoms with Gasteiger partial charge in [0.05, 0.1) is 19.1 Å². The van der Waals surface area contributed by atoms with Crippen LogP contribution in [0.5, 0.6) is 0 Å². The van der Waals surface area contributed by atoms with Crippen molar-refractivity contribution in [1.29, 1.82) is 0 Å². The van der Waals surface area contributed by atoms with E-state index in [-0.39, 0.29) is 12.1 Å². The number of fused-ring (bicyclic) bond motifs is 1. The zero-order valence-electron chi connectivity index (χ0n) is 14.2. The number of benzene rings is 1. The number of nitrogens with one attached hydrogen (secondary N) is 1. The average Bonchev–Trinajstić information content (AvgIpc) is 2.89. The van der Waals surface area contributed by atoms with E-state index in [1.54, 1.807) is 24.3 Å². The van der Waals surface area contributed by atoms with Crippen molar-refractivity contribution in [2.24, 2.45) is 0 Å². The van der Waals surface area contributed by atoms with E-state index in [1.807, 2.05) is 0 Å². The first-order valence-corrected chi connectivity index (χ1v) is 8.27. The maximum atomic E-state index is 13.0. The molecule has 1 amide bonds. The van der Waals surface area contributed by atoms with Gasteiger partial charge in [-0.3, -0.25) is 9.59 Å². The van der Waals surface area contributed by atoms with Gasteiger partial charge in [-0.15, -0.1) is 0 Å². The highest BCUT2D eigenvalue weighted by Gasteiger charge is 2.41. The summed E-state index contributed by atoms with van der Waals surface area (Å²) in [5.74, 6) is -1.07. The number of hydrogen-bond donors (Lipinski definition) is 1. The number of rotatable bonds is 5. The molecular weight excluding hydrogens is 349 g/mol. The molecule has 0 atom stereocenters. The number of aromatic nitrogens is 1. The lowest BCUT2D eigenvalue weighted by Crippen LogP contribution is -2.55. The lowest BCUT2D eigenvalue weighted by atomic mass is 9.74. The van der Waals surface area contributed by atoms with Crippen molar-refractivity contribution < 1.29 is 27.5 Å². The van der Waals surface area contributed by atoms with E-state index < -0.39 is 30.1 Å². The standard InChI is InChI=1S/C18H19F3N2O3/c1-26-15(24)10-17(7-4-8-17)22-16(25)14-9-12-5-2-3-6-13(12)23(14)11-18(19,20)21/h2-3,5-6,9H,4,7-8,10-11H2,1H3,(H,22,25). The molecule has 1 aliphatic rings. The number of alkyl halides is 3. The van der Waals surface area contributed by atoms with Crippen molar-refractivity contribution in [3.05, 3.63) is 36.0 Å². The quantitative estimate of drug-likeness (QED) is 0.823. The summed E-state index contributed by atoms with van der Waals surface area (Å²) in [6, 6.07) is 7.98. The van der Waals surface area contributed by atoms with E-state index in [2.05, 4.69) is 10.1 Å². The van der Waals surface area contributed by atoms with Crippen LogP contribution >= 0.6 is 0 Å². The molecule has 1 N–H and O–H groups in total. The number of carbonyl (C=O) groups is 2. The maximum Gasteiger partial charge on any atom is 0.406 e. The van der Waals surface area contributed by atoms with Gasteiger partial charge >= 0.3 is 12.1 Å². The number of methoxy groups -OCH3 is 1. The van der Waals surface area contributed by atoms with Gasteiger partial charge < -0.3 is 14.6 Å². The predicted molar refractivity (Wildman–Crippen MR) is 88.7 cm³/mol. The van der Waals surface area contributed by atoms with Crippen molar-refractivity contribution in [1.82, 2.24) is 9.88 Å². The Morgan fingerprint density at radius 1 is 1.27 bits per heavy atom. The zero-order valence-corrected chi connectivity index (χ0v) is 14.2. The van der Waals surface area contributed by atoms with E-state index in [9.17, 15) is 22.8 Å². The minimum absolute atomic E-state index is 0.00867. The highest BCUT2D eigenvalue weighted by atomic mass is 19.4. The van der Waals surface area contributed by atoms with Crippen LogP contribution in [0.25, 0.3) is 10.9 Å². The Morgan fingerprint density at radius 2 is 1.96 bits per heavy atom. The lowest BCUT2D eigenvalue weighted by Gasteiger charge is -2.41. The minimum Gasteiger partial charge on any atom is -0.469 e. The molecule has 1 aliphatic carbocycles. The van der Waals surface area contributed by atoms with E-state index in [0.29, 0.717) is 23.7 Å². The fourth-order valence-corrected chi connectivity index (χ4v) is 3.35. The third kappa shape index (κ3) is 3.68. The summed E-state index contributed by atoms with van der Waals surface area (Å²) in [7, 11) is 1.26. The molecule has 0 aliphatic heterocycles. The second-order valence-electron chi connectivity index (χ2n) is 6.63. The van der Waals surface area contributed by atoms with Crippen LogP contribution in [0.1, 0.15) is 36.2 Å². The smallest absolute Gasteiger partial charge is 0.406 e. The molecule has 1 aromatic carbocycles. The molecule has 0 unspecified atom stereocenters. The van der Waals surface area contributed by atoms with E-state index in [0.717, 1.165) is 11.0 Å². The number of para-hydroxylation sites is 1. The Labute approximate surface area is 148 Å². The van der Waals surface area contributed by atoms with Crippen molar-refractivity contribution in [3.8, 4) is 0 Å². The third-order valence-corrected chi connectivity index (χ3v) is 4.78. The molecule has 0 saturated heterocycles. The molecule has 1 saturated carbocycles. The van der Waals surface area contributed by atoms with Crippen molar-refractivity contribution in [2.75, 3.05) is 7.11 Å². The summed E-state index contributed by atoms with van der Waals surface area (Å²) < 4.78 is 44.7. The number of hydrogen-bond acceptors (Lipinski definition) is 3. The lowest BCUT2D eigenvalue weighted by molar-refractivity contribution is -0.143. The van der Waals surface area contributed by atoms with Crippen LogP contribution in [0.15, 0.2) is 30.3 Å². The van der Waals surface area contributed by atoms with Crippen LogP contribution in [-0.2, 0) is 16.1 Å². The highest BCUT2D eigenvalue weighted by Crippen LogP contribution is 2.36. The van der Waals surface area contributed by atoms with Crippen LogP contribution in [0, 0.1) is 0 Å². The Balaban J connectivity index is 1.92. The Kier molecular flexibility index (Phi) is 4.68. The molecule has 1 fully saturated rings. The number of esters is 1. The molecule has 5 nitrogen and oxygen atoms in total. The van der Waals surface area contributed by atoms with Gasteiger partial charge in [-0.2, -0.15) is 13.2 Å². The maximum absolute atomic E-state index is 13.0. The number of amides is 1. The molecule has 8 heteroatoms. The Bertz CT molecular complexity index is 838. The van der Waals surface area contributed by atoms with Crippen LogP contribution in [0.2, 0.25) is 0 Å². The number of nitrogens with zero attached hydrogens (tertiary/aromatic N) is 1. The van der Waals surface area contributed by atoms with Crippen LogP contribution < -0.4 is 5.32 Å². The fourth-order valence-electron chi connectivity index (χ4n) is 3.35. The molecule has 2 aromatic rings. The number of halogens is 3. The van der Waals surface area contributed by atoms with Crippen molar-refractivity contribution >= 4 is 22.8 Å². The topological polar surface area (TPSA) is 60.3 Å². The Hall–Kier alpha value is -2.51. The summed E-state index contributed by atoms with van der Waals surface area (Å²) in [4.78, 5) is 24.4. The van der Waals surface area contributed by atoms with Gasteiger partial charge in [0.2, 0.25) is 0 Å². The molecular formula is C18H19F3N2O3. The molecule has 0 radical (unpaired) electrons. The van der Waals surface area contributed by atoms with Crippen molar-refractivity contribution in [2.45, 2.75) is 43.9 Å². The molecule has 26 heavy (non-hydrogen) atoms. The summed E-state index contributed by atoms with van der Waals surface area (Å²) >= 11 is 0.